The van der Waals surface area contributed by atoms with Gasteiger partial charge in [0.2, 0.25) is 0 Å². The standard InChI is InChI=1S/C26H27N3O2/c1-2-18-17-29-15-13-19(18)16-24(29)25(31-26(30)28-20-8-4-3-5-9-20)22-12-14-27-23-11-7-6-10-21(22)23/h2-12,14,18-19,24-25H,1,13,15-17H2,(H,28,30). The normalized spacial score (nSPS) is 25.7. The lowest BCUT2D eigenvalue weighted by Gasteiger charge is -2.51. The molecule has 1 N–H and O–H groups in total. The van der Waals surface area contributed by atoms with Gasteiger partial charge in [0.15, 0.2) is 0 Å². The van der Waals surface area contributed by atoms with Crippen LogP contribution in [0.2, 0.25) is 0 Å². The van der Waals surface area contributed by atoms with Crippen molar-refractivity contribution >= 4 is 22.7 Å². The fourth-order valence-electron chi connectivity index (χ4n) is 5.19. The molecule has 158 valence electrons. The predicted octanol–water partition coefficient (Wildman–Crippen LogP) is 5.42. The van der Waals surface area contributed by atoms with Crippen LogP contribution in [0, 0.1) is 11.8 Å². The minimum Gasteiger partial charge on any atom is -0.439 e. The molecule has 6 rings (SSSR count). The lowest BCUT2D eigenvalue weighted by Crippen LogP contribution is -2.55. The fraction of sp³-hybridized carbons (Fsp3) is 0.308. The largest absolute Gasteiger partial charge is 0.439 e. The van der Waals surface area contributed by atoms with E-state index in [4.69, 9.17) is 4.74 Å². The third-order valence-electron chi connectivity index (χ3n) is 6.75. The van der Waals surface area contributed by atoms with Crippen LogP contribution in [0.4, 0.5) is 10.5 Å². The lowest BCUT2D eigenvalue weighted by molar-refractivity contribution is -0.0473. The zero-order chi connectivity index (χ0) is 21.2. The molecule has 5 nitrogen and oxygen atoms in total. The van der Waals surface area contributed by atoms with Crippen LogP contribution in [0.25, 0.3) is 10.9 Å². The predicted molar refractivity (Wildman–Crippen MR) is 123 cm³/mol. The van der Waals surface area contributed by atoms with Crippen LogP contribution >= 0.6 is 0 Å². The van der Waals surface area contributed by atoms with Crippen LogP contribution in [-0.2, 0) is 4.74 Å². The second-order valence-corrected chi connectivity index (χ2v) is 8.48. The maximum atomic E-state index is 12.9. The van der Waals surface area contributed by atoms with Crippen LogP contribution in [0.5, 0.6) is 0 Å². The van der Waals surface area contributed by atoms with Crippen molar-refractivity contribution in [3.8, 4) is 0 Å². The summed E-state index contributed by atoms with van der Waals surface area (Å²) in [5, 5.41) is 3.91. The number of nitrogens with one attached hydrogen (secondary N) is 1. The van der Waals surface area contributed by atoms with E-state index in [2.05, 4.69) is 33.9 Å². The van der Waals surface area contributed by atoms with Crippen LogP contribution in [0.1, 0.15) is 24.5 Å². The van der Waals surface area contributed by atoms with Crippen LogP contribution < -0.4 is 5.32 Å². The molecule has 0 saturated carbocycles. The molecule has 3 aliphatic rings. The molecule has 31 heavy (non-hydrogen) atoms. The Labute approximate surface area is 182 Å². The first-order valence-corrected chi connectivity index (χ1v) is 11.0. The van der Waals surface area contributed by atoms with Crippen molar-refractivity contribution in [3.05, 3.63) is 85.1 Å². The van der Waals surface area contributed by atoms with Crippen molar-refractivity contribution in [1.82, 2.24) is 9.88 Å². The van der Waals surface area contributed by atoms with E-state index in [9.17, 15) is 4.79 Å². The summed E-state index contributed by atoms with van der Waals surface area (Å²) in [6.45, 7) is 6.04. The molecule has 2 aromatic carbocycles. The molecule has 0 aliphatic carbocycles. The van der Waals surface area contributed by atoms with Gasteiger partial charge >= 0.3 is 6.09 Å². The summed E-state index contributed by atoms with van der Waals surface area (Å²) in [5.41, 5.74) is 2.65. The molecule has 3 aromatic rings. The second-order valence-electron chi connectivity index (χ2n) is 8.48. The molecule has 3 saturated heterocycles. The molecule has 5 heteroatoms. The Hall–Kier alpha value is -3.18. The Bertz CT molecular complexity index is 1080. The number of amides is 1. The van der Waals surface area contributed by atoms with Gasteiger partial charge in [-0.1, -0.05) is 42.5 Å². The summed E-state index contributed by atoms with van der Waals surface area (Å²) in [6, 6.07) is 19.6. The van der Waals surface area contributed by atoms with E-state index < -0.39 is 6.09 Å². The topological polar surface area (TPSA) is 54.5 Å². The van der Waals surface area contributed by atoms with Crippen LogP contribution in [0.15, 0.2) is 79.5 Å². The Morgan fingerprint density at radius 2 is 1.97 bits per heavy atom. The minimum absolute atomic E-state index is 0.141. The highest BCUT2D eigenvalue weighted by atomic mass is 16.6. The van der Waals surface area contributed by atoms with Crippen molar-refractivity contribution in [3.63, 3.8) is 0 Å². The highest BCUT2D eigenvalue weighted by Crippen LogP contribution is 2.43. The average molecular weight is 414 g/mol. The van der Waals surface area contributed by atoms with E-state index in [1.807, 2.05) is 60.8 Å². The monoisotopic (exact) mass is 413 g/mol. The first kappa shape index (κ1) is 19.8. The van der Waals surface area contributed by atoms with Gasteiger partial charge in [-0.3, -0.25) is 15.2 Å². The number of aromatic nitrogens is 1. The number of ether oxygens (including phenoxy) is 1. The van der Waals surface area contributed by atoms with Gasteiger partial charge in [0.1, 0.15) is 6.10 Å². The number of hydrogen-bond acceptors (Lipinski definition) is 4. The van der Waals surface area contributed by atoms with Crippen LogP contribution in [-0.4, -0.2) is 35.1 Å². The van der Waals surface area contributed by atoms with Crippen molar-refractivity contribution in [1.29, 1.82) is 0 Å². The van der Waals surface area contributed by atoms with Gasteiger partial charge in [-0.2, -0.15) is 0 Å². The summed E-state index contributed by atoms with van der Waals surface area (Å²) in [5.74, 6) is 1.10. The van der Waals surface area contributed by atoms with E-state index in [-0.39, 0.29) is 12.1 Å². The van der Waals surface area contributed by atoms with E-state index in [1.165, 1.54) is 6.42 Å². The van der Waals surface area contributed by atoms with Crippen molar-refractivity contribution in [2.24, 2.45) is 11.8 Å². The number of hydrogen-bond donors (Lipinski definition) is 1. The van der Waals surface area contributed by atoms with Gasteiger partial charge in [0.25, 0.3) is 0 Å². The number of fused-ring (bicyclic) bond motifs is 4. The third-order valence-corrected chi connectivity index (χ3v) is 6.75. The Morgan fingerprint density at radius 3 is 2.74 bits per heavy atom. The summed E-state index contributed by atoms with van der Waals surface area (Å²) in [6.07, 6.45) is 5.27. The van der Waals surface area contributed by atoms with Gasteiger partial charge < -0.3 is 4.74 Å². The van der Waals surface area contributed by atoms with Crippen molar-refractivity contribution in [2.45, 2.75) is 25.0 Å². The third kappa shape index (κ3) is 3.93. The molecule has 3 fully saturated rings. The average Bonchev–Trinajstić information content (AvgIpc) is 2.83. The van der Waals surface area contributed by atoms with Crippen molar-refractivity contribution < 1.29 is 9.53 Å². The summed E-state index contributed by atoms with van der Waals surface area (Å²) in [4.78, 5) is 19.9. The number of benzene rings is 2. The van der Waals surface area contributed by atoms with E-state index in [0.29, 0.717) is 11.8 Å². The molecule has 2 bridgehead atoms. The first-order chi connectivity index (χ1) is 15.2. The number of anilines is 1. The molecular weight excluding hydrogens is 386 g/mol. The molecule has 1 aromatic heterocycles. The van der Waals surface area contributed by atoms with Gasteiger partial charge in [0.05, 0.1) is 11.6 Å². The number of carbonyl (C=O) groups is 1. The zero-order valence-electron chi connectivity index (χ0n) is 17.5. The molecule has 0 spiro atoms. The first-order valence-electron chi connectivity index (χ1n) is 11.0. The molecule has 5 atom stereocenters. The van der Waals surface area contributed by atoms with E-state index >= 15 is 0 Å². The quantitative estimate of drug-likeness (QED) is 0.568. The zero-order valence-corrected chi connectivity index (χ0v) is 17.5. The van der Waals surface area contributed by atoms with Gasteiger partial charge in [-0.05, 0) is 55.5 Å². The van der Waals surface area contributed by atoms with Gasteiger partial charge in [-0.25, -0.2) is 4.79 Å². The SMILES string of the molecule is C=CC1CN2CCC1CC2C(OC(=O)Nc1ccccc1)c1ccnc2ccccc12. The molecular formula is C26H27N3O2. The molecule has 1 amide bonds. The molecule has 3 aliphatic heterocycles. The lowest BCUT2D eigenvalue weighted by atomic mass is 9.73. The highest BCUT2D eigenvalue weighted by Gasteiger charge is 2.44. The smallest absolute Gasteiger partial charge is 0.412 e. The number of nitrogens with zero attached hydrogens (tertiary/aromatic N) is 2. The maximum Gasteiger partial charge on any atom is 0.412 e. The Kier molecular flexibility index (Phi) is 5.43. The highest BCUT2D eigenvalue weighted by molar-refractivity contribution is 5.86. The molecule has 0 radical (unpaired) electrons. The summed E-state index contributed by atoms with van der Waals surface area (Å²) >= 11 is 0. The molecule has 4 heterocycles. The van der Waals surface area contributed by atoms with Crippen LogP contribution in [0.3, 0.4) is 0 Å². The Balaban J connectivity index is 1.48. The Morgan fingerprint density at radius 1 is 1.16 bits per heavy atom. The maximum absolute atomic E-state index is 12.9. The van der Waals surface area contributed by atoms with Gasteiger partial charge in [0, 0.05) is 29.4 Å². The number of pyridine rings is 1. The van der Waals surface area contributed by atoms with E-state index in [0.717, 1.165) is 41.7 Å². The van der Waals surface area contributed by atoms with Crippen molar-refractivity contribution in [2.75, 3.05) is 18.4 Å². The number of para-hydroxylation sites is 2. The fourth-order valence-corrected chi connectivity index (χ4v) is 5.19. The van der Waals surface area contributed by atoms with Gasteiger partial charge in [-0.15, -0.1) is 6.58 Å². The van der Waals surface area contributed by atoms with E-state index in [1.54, 1.807) is 0 Å². The summed E-state index contributed by atoms with van der Waals surface area (Å²) < 4.78 is 6.16. The minimum atomic E-state index is -0.431. The summed E-state index contributed by atoms with van der Waals surface area (Å²) in [7, 11) is 0. The second kappa shape index (κ2) is 8.52. The molecule has 5 unspecified atom stereocenters. The number of carbonyl (C=O) groups excluding carboxylic acids is 1. The number of piperidine rings is 3. The number of rotatable bonds is 5.